The fourth-order valence-electron chi connectivity index (χ4n) is 4.03. The molecule has 5 nitrogen and oxygen atoms in total. The van der Waals surface area contributed by atoms with Crippen LogP contribution in [0.3, 0.4) is 0 Å². The van der Waals surface area contributed by atoms with Gasteiger partial charge in [0.2, 0.25) is 0 Å². The molecule has 5 heteroatoms. The molecule has 24 heavy (non-hydrogen) atoms. The van der Waals surface area contributed by atoms with Gasteiger partial charge in [-0.3, -0.25) is 4.79 Å². The Morgan fingerprint density at radius 3 is 2.67 bits per heavy atom. The van der Waals surface area contributed by atoms with Crippen LogP contribution in [0.2, 0.25) is 0 Å². The minimum Gasteiger partial charge on any atom is -0.337 e. The van der Waals surface area contributed by atoms with Crippen molar-refractivity contribution in [3.05, 3.63) is 47.3 Å². The van der Waals surface area contributed by atoms with Gasteiger partial charge in [0, 0.05) is 30.4 Å². The van der Waals surface area contributed by atoms with Gasteiger partial charge >= 0.3 is 0 Å². The highest BCUT2D eigenvalue weighted by molar-refractivity contribution is 5.94. The molecule has 2 fully saturated rings. The average molecular weight is 324 g/mol. The van der Waals surface area contributed by atoms with Gasteiger partial charge in [-0.05, 0) is 69.5 Å². The summed E-state index contributed by atoms with van der Waals surface area (Å²) in [6.45, 7) is 6.83. The molecule has 0 saturated carbocycles. The number of fused-ring (bicyclic) bond motifs is 1. The minimum atomic E-state index is 0.145. The fraction of sp³-hybridized carbons (Fsp3) is 0.474. The number of aryl methyl sites for hydroxylation is 2. The molecule has 0 unspecified atom stereocenters. The molecule has 2 atom stereocenters. The molecule has 2 aliphatic heterocycles. The van der Waals surface area contributed by atoms with Crippen LogP contribution >= 0.6 is 0 Å². The number of carbonyl (C=O) groups is 1. The van der Waals surface area contributed by atoms with E-state index in [0.29, 0.717) is 12.0 Å². The SMILES string of the molecule is Cc1cc(C)n(-c2ccc(C(=O)N3C[C@H]4CCCN[C@H]4C3)cc2)n1. The Hall–Kier alpha value is -2.14. The van der Waals surface area contributed by atoms with E-state index in [9.17, 15) is 4.79 Å². The van der Waals surface area contributed by atoms with E-state index in [4.69, 9.17) is 0 Å². The highest BCUT2D eigenvalue weighted by atomic mass is 16.2. The number of benzene rings is 1. The van der Waals surface area contributed by atoms with E-state index in [1.165, 1.54) is 12.8 Å². The van der Waals surface area contributed by atoms with Crippen LogP contribution < -0.4 is 5.32 Å². The molecule has 126 valence electrons. The smallest absolute Gasteiger partial charge is 0.253 e. The third-order valence-corrected chi connectivity index (χ3v) is 5.25. The number of amides is 1. The summed E-state index contributed by atoms with van der Waals surface area (Å²) in [6.07, 6.45) is 2.46. The average Bonchev–Trinajstić information content (AvgIpc) is 3.17. The normalized spacial score (nSPS) is 23.3. The summed E-state index contributed by atoms with van der Waals surface area (Å²) in [6, 6.07) is 10.3. The first kappa shape index (κ1) is 15.4. The Kier molecular flexibility index (Phi) is 3.88. The summed E-state index contributed by atoms with van der Waals surface area (Å²) in [7, 11) is 0. The summed E-state index contributed by atoms with van der Waals surface area (Å²) in [5.74, 6) is 0.766. The standard InChI is InChI=1S/C19H24N4O/c1-13-10-14(2)23(21-13)17-7-5-15(6-8-17)19(24)22-11-16-4-3-9-20-18(16)12-22/h5-8,10,16,18,20H,3-4,9,11-12H2,1-2H3/t16-,18+/m1/s1. The second-order valence-corrected chi connectivity index (χ2v) is 7.06. The lowest BCUT2D eigenvalue weighted by molar-refractivity contribution is 0.0785. The number of aromatic nitrogens is 2. The van der Waals surface area contributed by atoms with Crippen molar-refractivity contribution in [3.8, 4) is 5.69 Å². The first-order valence-electron chi connectivity index (χ1n) is 8.78. The van der Waals surface area contributed by atoms with Crippen LogP contribution in [0.5, 0.6) is 0 Å². The van der Waals surface area contributed by atoms with Gasteiger partial charge in [0.05, 0.1) is 11.4 Å². The predicted octanol–water partition coefficient (Wildman–Crippen LogP) is 2.31. The van der Waals surface area contributed by atoms with Crippen molar-refractivity contribution in [2.75, 3.05) is 19.6 Å². The predicted molar refractivity (Wildman–Crippen MR) is 93.5 cm³/mol. The lowest BCUT2D eigenvalue weighted by atomic mass is 9.94. The zero-order valence-corrected chi connectivity index (χ0v) is 14.3. The van der Waals surface area contributed by atoms with Gasteiger partial charge in [-0.1, -0.05) is 0 Å². The molecule has 2 aromatic rings. The Morgan fingerprint density at radius 2 is 2.00 bits per heavy atom. The summed E-state index contributed by atoms with van der Waals surface area (Å²) in [5, 5.41) is 8.05. The van der Waals surface area contributed by atoms with Crippen LogP contribution in [0.15, 0.2) is 30.3 Å². The van der Waals surface area contributed by atoms with Gasteiger partial charge in [-0.2, -0.15) is 5.10 Å². The molecule has 3 heterocycles. The quantitative estimate of drug-likeness (QED) is 0.922. The number of rotatable bonds is 2. The van der Waals surface area contributed by atoms with E-state index in [1.807, 2.05) is 47.7 Å². The van der Waals surface area contributed by atoms with Gasteiger partial charge in [0.1, 0.15) is 0 Å². The molecular formula is C19H24N4O. The molecule has 0 spiro atoms. The summed E-state index contributed by atoms with van der Waals surface area (Å²) >= 11 is 0. The number of nitrogens with one attached hydrogen (secondary N) is 1. The molecule has 2 saturated heterocycles. The van der Waals surface area contributed by atoms with Gasteiger partial charge < -0.3 is 10.2 Å². The van der Waals surface area contributed by atoms with E-state index < -0.39 is 0 Å². The topological polar surface area (TPSA) is 50.2 Å². The van der Waals surface area contributed by atoms with E-state index >= 15 is 0 Å². The third kappa shape index (κ3) is 2.73. The summed E-state index contributed by atoms with van der Waals surface area (Å²) in [4.78, 5) is 14.8. The fourth-order valence-corrected chi connectivity index (χ4v) is 4.03. The van der Waals surface area contributed by atoms with Gasteiger partial charge in [0.25, 0.3) is 5.91 Å². The molecular weight excluding hydrogens is 300 g/mol. The Balaban J connectivity index is 1.50. The van der Waals surface area contributed by atoms with E-state index in [2.05, 4.69) is 16.5 Å². The third-order valence-electron chi connectivity index (χ3n) is 5.25. The maximum Gasteiger partial charge on any atom is 0.253 e. The number of nitrogens with zero attached hydrogens (tertiary/aromatic N) is 3. The van der Waals surface area contributed by atoms with Crippen molar-refractivity contribution < 1.29 is 4.79 Å². The maximum absolute atomic E-state index is 12.8. The van der Waals surface area contributed by atoms with Crippen LogP contribution in [0.1, 0.15) is 34.6 Å². The largest absolute Gasteiger partial charge is 0.337 e. The number of likely N-dealkylation sites (tertiary alicyclic amines) is 1. The molecule has 1 amide bonds. The summed E-state index contributed by atoms with van der Waals surface area (Å²) in [5.41, 5.74) is 3.86. The molecule has 0 radical (unpaired) electrons. The highest BCUT2D eigenvalue weighted by Crippen LogP contribution is 2.26. The Morgan fingerprint density at radius 1 is 1.21 bits per heavy atom. The molecule has 0 bridgehead atoms. The second kappa shape index (κ2) is 6.06. The number of hydrogen-bond donors (Lipinski definition) is 1. The van der Waals surface area contributed by atoms with E-state index in [1.54, 1.807) is 0 Å². The van der Waals surface area contributed by atoms with Crippen LogP contribution in [0, 0.1) is 19.8 Å². The Labute approximate surface area is 142 Å². The monoisotopic (exact) mass is 324 g/mol. The van der Waals surface area contributed by atoms with Gasteiger partial charge in [-0.15, -0.1) is 0 Å². The molecule has 1 N–H and O–H groups in total. The van der Waals surface area contributed by atoms with Crippen LogP contribution in [-0.2, 0) is 0 Å². The van der Waals surface area contributed by atoms with Crippen LogP contribution in [0.4, 0.5) is 0 Å². The zero-order valence-electron chi connectivity index (χ0n) is 14.3. The molecule has 1 aromatic heterocycles. The first-order chi connectivity index (χ1) is 11.6. The zero-order chi connectivity index (χ0) is 16.7. The molecule has 0 aliphatic carbocycles. The minimum absolute atomic E-state index is 0.145. The molecule has 4 rings (SSSR count). The number of hydrogen-bond acceptors (Lipinski definition) is 3. The Bertz CT molecular complexity index is 735. The van der Waals surface area contributed by atoms with E-state index in [-0.39, 0.29) is 5.91 Å². The lowest BCUT2D eigenvalue weighted by Gasteiger charge is -2.24. The van der Waals surface area contributed by atoms with E-state index in [0.717, 1.165) is 42.3 Å². The van der Waals surface area contributed by atoms with Crippen molar-refractivity contribution in [3.63, 3.8) is 0 Å². The first-order valence-corrected chi connectivity index (χ1v) is 8.78. The van der Waals surface area contributed by atoms with Gasteiger partial charge in [-0.25, -0.2) is 4.68 Å². The maximum atomic E-state index is 12.8. The molecule has 1 aromatic carbocycles. The van der Waals surface area contributed by atoms with Crippen molar-refractivity contribution in [2.24, 2.45) is 5.92 Å². The van der Waals surface area contributed by atoms with Gasteiger partial charge in [0.15, 0.2) is 0 Å². The number of carbonyl (C=O) groups excluding carboxylic acids is 1. The van der Waals surface area contributed by atoms with Crippen LogP contribution in [-0.4, -0.2) is 46.3 Å². The highest BCUT2D eigenvalue weighted by Gasteiger charge is 2.36. The van der Waals surface area contributed by atoms with Crippen LogP contribution in [0.25, 0.3) is 5.69 Å². The van der Waals surface area contributed by atoms with Crippen molar-refractivity contribution in [1.29, 1.82) is 0 Å². The van der Waals surface area contributed by atoms with Crippen molar-refractivity contribution in [1.82, 2.24) is 20.0 Å². The summed E-state index contributed by atoms with van der Waals surface area (Å²) < 4.78 is 1.91. The van der Waals surface area contributed by atoms with Crippen molar-refractivity contribution >= 4 is 5.91 Å². The number of piperidine rings is 1. The van der Waals surface area contributed by atoms with Crippen molar-refractivity contribution in [2.45, 2.75) is 32.7 Å². The lowest BCUT2D eigenvalue weighted by Crippen LogP contribution is -2.41. The molecule has 2 aliphatic rings. The second-order valence-electron chi connectivity index (χ2n) is 7.06.